The maximum Gasteiger partial charge on any atom is 0.256 e. The minimum atomic E-state index is -2.82. The van der Waals surface area contributed by atoms with Gasteiger partial charge < -0.3 is 9.64 Å². The molecular formula is C60H50BNOSi. The van der Waals surface area contributed by atoms with E-state index in [0.29, 0.717) is 0 Å². The third kappa shape index (κ3) is 5.71. The quantitative estimate of drug-likeness (QED) is 0.164. The van der Waals surface area contributed by atoms with Crippen LogP contribution in [0.5, 0.6) is 11.5 Å². The Morgan fingerprint density at radius 3 is 1.80 bits per heavy atom. The Hall–Kier alpha value is -6.88. The Kier molecular flexibility index (Phi) is 8.52. The molecule has 12 rings (SSSR count). The van der Waals surface area contributed by atoms with E-state index >= 15 is 0 Å². The van der Waals surface area contributed by atoms with Gasteiger partial charge in [-0.1, -0.05) is 199 Å². The van der Waals surface area contributed by atoms with Crippen molar-refractivity contribution in [2.75, 3.05) is 4.90 Å². The molecule has 64 heavy (non-hydrogen) atoms. The second-order valence-corrected chi connectivity index (χ2v) is 23.8. The van der Waals surface area contributed by atoms with Crippen LogP contribution in [0, 0.1) is 0 Å². The lowest BCUT2D eigenvalue weighted by Gasteiger charge is -2.42. The number of hydrogen-bond acceptors (Lipinski definition) is 2. The van der Waals surface area contributed by atoms with E-state index < -0.39 is 8.07 Å². The van der Waals surface area contributed by atoms with Crippen molar-refractivity contribution in [2.45, 2.75) is 52.4 Å². The van der Waals surface area contributed by atoms with Crippen LogP contribution in [-0.4, -0.2) is 14.8 Å². The molecule has 0 unspecified atom stereocenters. The van der Waals surface area contributed by atoms with Gasteiger partial charge in [0.1, 0.15) is 11.5 Å². The highest BCUT2D eigenvalue weighted by atomic mass is 28.3. The monoisotopic (exact) mass is 839 g/mol. The van der Waals surface area contributed by atoms with E-state index in [4.69, 9.17) is 4.74 Å². The molecule has 0 spiro atoms. The molecule has 0 atom stereocenters. The van der Waals surface area contributed by atoms with Gasteiger partial charge in [0.2, 0.25) is 0 Å². The molecule has 0 bridgehead atoms. The van der Waals surface area contributed by atoms with E-state index in [2.05, 4.69) is 241 Å². The van der Waals surface area contributed by atoms with Crippen molar-refractivity contribution in [1.82, 2.24) is 0 Å². The van der Waals surface area contributed by atoms with Gasteiger partial charge in [-0.15, -0.1) is 0 Å². The van der Waals surface area contributed by atoms with Crippen molar-refractivity contribution in [3.63, 3.8) is 0 Å². The molecule has 0 aromatic heterocycles. The Morgan fingerprint density at radius 1 is 0.453 bits per heavy atom. The van der Waals surface area contributed by atoms with Gasteiger partial charge in [-0.2, -0.15) is 0 Å². The van der Waals surface area contributed by atoms with Crippen LogP contribution >= 0.6 is 0 Å². The SMILES string of the molecule is CC(C)(C)c1ccc(N2c3cc4c(cc3B3c5cc(C(C)(C)C)ccc5Oc5cc(-c6cccc7ccccc67)cc2c53)-c2ccccc2[Si]4(c2ccccc2)c2ccccc2)cc1. The third-order valence-corrected chi connectivity index (χ3v) is 19.2. The molecule has 0 radical (unpaired) electrons. The molecule has 3 aliphatic rings. The molecule has 3 aliphatic heterocycles. The van der Waals surface area contributed by atoms with Crippen LogP contribution in [0.15, 0.2) is 194 Å². The summed E-state index contributed by atoms with van der Waals surface area (Å²) in [7, 11) is -2.82. The zero-order valence-electron chi connectivity index (χ0n) is 37.4. The van der Waals surface area contributed by atoms with Gasteiger partial charge in [0.05, 0.1) is 0 Å². The molecule has 0 amide bonds. The van der Waals surface area contributed by atoms with E-state index in [-0.39, 0.29) is 17.5 Å². The number of benzene rings is 9. The van der Waals surface area contributed by atoms with Crippen LogP contribution in [0.1, 0.15) is 52.7 Å². The molecule has 0 fully saturated rings. The number of ether oxygens (including phenoxy) is 1. The van der Waals surface area contributed by atoms with Crippen LogP contribution in [0.4, 0.5) is 17.1 Å². The zero-order chi connectivity index (χ0) is 43.5. The highest BCUT2D eigenvalue weighted by molar-refractivity contribution is 7.22. The second-order valence-electron chi connectivity index (χ2n) is 20.1. The molecule has 0 saturated heterocycles. The standard InChI is InChI=1S/C60H50BNOSi/c1-59(2,3)41-28-31-43(32-29-41)62-52-38-57-49(48-25-15-16-27-56(48)64(57,44-20-9-7-10-21-44)45-22-11-8-12-23-45)37-50(52)61-51-36-42(60(4,5)6)30-33-54(51)63-55-35-40(34-53(62)58(55)61)47-26-17-19-39-18-13-14-24-46(39)47/h7-38H,1-6H3. The molecule has 2 nitrogen and oxygen atoms in total. The van der Waals surface area contributed by atoms with Crippen LogP contribution in [-0.2, 0) is 10.8 Å². The molecule has 308 valence electrons. The maximum absolute atomic E-state index is 7.21. The summed E-state index contributed by atoms with van der Waals surface area (Å²) in [5.74, 6) is 1.85. The maximum atomic E-state index is 7.21. The number of hydrogen-bond donors (Lipinski definition) is 0. The van der Waals surface area contributed by atoms with Gasteiger partial charge in [0.15, 0.2) is 8.07 Å². The van der Waals surface area contributed by atoms with Gasteiger partial charge in [-0.05, 0) is 129 Å². The minimum Gasteiger partial charge on any atom is -0.458 e. The normalized spacial score (nSPS) is 14.3. The van der Waals surface area contributed by atoms with E-state index in [1.54, 1.807) is 0 Å². The fourth-order valence-corrected chi connectivity index (χ4v) is 16.4. The first-order valence-corrected chi connectivity index (χ1v) is 24.8. The molecule has 9 aromatic rings. The molecular weight excluding hydrogens is 790 g/mol. The lowest BCUT2D eigenvalue weighted by atomic mass is 9.34. The van der Waals surface area contributed by atoms with Crippen LogP contribution in [0.2, 0.25) is 0 Å². The molecule has 0 aliphatic carbocycles. The Bertz CT molecular complexity index is 3280. The first-order valence-electron chi connectivity index (χ1n) is 22.8. The van der Waals surface area contributed by atoms with Gasteiger partial charge in [0.25, 0.3) is 6.71 Å². The molecule has 0 saturated carbocycles. The Balaban J connectivity index is 1.22. The predicted octanol–water partition coefficient (Wildman–Crippen LogP) is 10.9. The van der Waals surface area contributed by atoms with Crippen molar-refractivity contribution >= 4 is 79.8 Å². The summed E-state index contributed by atoms with van der Waals surface area (Å²) in [5.41, 5.74) is 14.9. The summed E-state index contributed by atoms with van der Waals surface area (Å²) in [6, 6.07) is 73.7. The lowest BCUT2D eigenvalue weighted by Crippen LogP contribution is -2.73. The lowest BCUT2D eigenvalue weighted by molar-refractivity contribution is 0.486. The number of fused-ring (bicyclic) bond motifs is 8. The van der Waals surface area contributed by atoms with Crippen LogP contribution in [0.3, 0.4) is 0 Å². The smallest absolute Gasteiger partial charge is 0.256 e. The van der Waals surface area contributed by atoms with Crippen molar-refractivity contribution in [3.8, 4) is 33.8 Å². The highest BCUT2D eigenvalue weighted by Gasteiger charge is 2.51. The average Bonchev–Trinajstić information content (AvgIpc) is 3.60. The van der Waals surface area contributed by atoms with Gasteiger partial charge in [-0.25, -0.2) is 0 Å². The molecule has 3 heterocycles. The fourth-order valence-electron chi connectivity index (χ4n) is 11.2. The summed E-state index contributed by atoms with van der Waals surface area (Å²) >= 11 is 0. The second kappa shape index (κ2) is 14.1. The minimum absolute atomic E-state index is 0.0162. The highest BCUT2D eigenvalue weighted by Crippen LogP contribution is 2.46. The number of rotatable bonds is 4. The Morgan fingerprint density at radius 2 is 1.08 bits per heavy atom. The Labute approximate surface area is 378 Å². The van der Waals surface area contributed by atoms with Crippen LogP contribution in [0.25, 0.3) is 33.0 Å². The van der Waals surface area contributed by atoms with Crippen molar-refractivity contribution < 1.29 is 4.74 Å². The van der Waals surface area contributed by atoms with Crippen molar-refractivity contribution in [3.05, 3.63) is 205 Å². The van der Waals surface area contributed by atoms with Crippen LogP contribution < -0.4 is 46.8 Å². The predicted molar refractivity (Wildman–Crippen MR) is 275 cm³/mol. The van der Waals surface area contributed by atoms with Crippen molar-refractivity contribution in [1.29, 1.82) is 0 Å². The summed E-state index contributed by atoms with van der Waals surface area (Å²) < 4.78 is 7.21. The average molecular weight is 840 g/mol. The van der Waals surface area contributed by atoms with Gasteiger partial charge >= 0.3 is 0 Å². The summed E-state index contributed by atoms with van der Waals surface area (Å²) in [5, 5.41) is 8.14. The third-order valence-electron chi connectivity index (χ3n) is 14.3. The number of nitrogens with zero attached hydrogens (tertiary/aromatic N) is 1. The fraction of sp³-hybridized carbons (Fsp3) is 0.133. The number of anilines is 3. The summed E-state index contributed by atoms with van der Waals surface area (Å²) in [4.78, 5) is 2.58. The zero-order valence-corrected chi connectivity index (χ0v) is 38.4. The summed E-state index contributed by atoms with van der Waals surface area (Å²) in [6.07, 6.45) is 0. The molecule has 0 N–H and O–H groups in total. The van der Waals surface area contributed by atoms with Gasteiger partial charge in [0, 0.05) is 17.1 Å². The van der Waals surface area contributed by atoms with Crippen molar-refractivity contribution in [2.24, 2.45) is 0 Å². The van der Waals surface area contributed by atoms with Gasteiger partial charge in [-0.3, -0.25) is 0 Å². The molecule has 4 heteroatoms. The topological polar surface area (TPSA) is 12.5 Å². The first-order chi connectivity index (χ1) is 31.0. The van der Waals surface area contributed by atoms with E-state index in [9.17, 15) is 0 Å². The first kappa shape index (κ1) is 38.8. The van der Waals surface area contributed by atoms with E-state index in [0.717, 1.165) is 28.4 Å². The van der Waals surface area contributed by atoms with E-state index in [1.165, 1.54) is 81.4 Å². The van der Waals surface area contributed by atoms with E-state index in [1.807, 2.05) is 0 Å². The molecule has 9 aromatic carbocycles. The largest absolute Gasteiger partial charge is 0.458 e. The summed E-state index contributed by atoms with van der Waals surface area (Å²) in [6.45, 7) is 13.8.